The molecule has 1 unspecified atom stereocenters. The Labute approximate surface area is 113 Å². The second-order valence-electron chi connectivity index (χ2n) is 5.98. The van der Waals surface area contributed by atoms with Gasteiger partial charge in [-0.2, -0.15) is 0 Å². The van der Waals surface area contributed by atoms with Gasteiger partial charge in [-0.1, -0.05) is 25.7 Å². The van der Waals surface area contributed by atoms with E-state index >= 15 is 0 Å². The van der Waals surface area contributed by atoms with E-state index in [1.165, 1.54) is 64.6 Å². The highest BCUT2D eigenvalue weighted by Gasteiger charge is 2.22. The molecule has 102 valence electrons. The number of nitrogens with two attached hydrogens (primary N) is 1. The molecule has 2 aliphatic rings. The molecule has 1 aliphatic heterocycles. The summed E-state index contributed by atoms with van der Waals surface area (Å²) in [5, 5.41) is 0. The number of likely N-dealkylation sites (tertiary alicyclic amines) is 1. The summed E-state index contributed by atoms with van der Waals surface area (Å²) in [5.74, 6) is 1.83. The van der Waals surface area contributed by atoms with Crippen LogP contribution in [0.4, 0.5) is 0 Å². The lowest BCUT2D eigenvalue weighted by Gasteiger charge is -2.34. The van der Waals surface area contributed by atoms with Crippen LogP contribution in [-0.4, -0.2) is 30.6 Å². The molecule has 1 saturated heterocycles. The molecule has 1 aliphatic carbocycles. The van der Waals surface area contributed by atoms with Gasteiger partial charge >= 0.3 is 0 Å². The van der Waals surface area contributed by atoms with Gasteiger partial charge in [0.2, 0.25) is 0 Å². The molecule has 0 amide bonds. The third kappa shape index (κ3) is 4.76. The fourth-order valence-electron chi connectivity index (χ4n) is 3.37. The van der Waals surface area contributed by atoms with E-state index in [2.05, 4.69) is 11.8 Å². The van der Waals surface area contributed by atoms with Crippen LogP contribution < -0.4 is 5.73 Å². The van der Waals surface area contributed by atoms with Gasteiger partial charge in [-0.25, -0.2) is 0 Å². The van der Waals surface area contributed by atoms with Crippen LogP contribution in [-0.2, 0) is 0 Å². The van der Waals surface area contributed by atoms with Crippen molar-refractivity contribution in [2.75, 3.05) is 19.6 Å². The summed E-state index contributed by atoms with van der Waals surface area (Å²) in [5.41, 5.74) is 5.97. The molecule has 17 heavy (non-hydrogen) atoms. The quantitative estimate of drug-likeness (QED) is 0.842. The van der Waals surface area contributed by atoms with E-state index in [9.17, 15) is 0 Å². The summed E-state index contributed by atoms with van der Waals surface area (Å²) in [4.78, 5) is 2.66. The second-order valence-corrected chi connectivity index (χ2v) is 5.98. The summed E-state index contributed by atoms with van der Waals surface area (Å²) in [6, 6.07) is 0.400. The molecule has 2 fully saturated rings. The smallest absolute Gasteiger partial charge is 0.00397 e. The van der Waals surface area contributed by atoms with Crippen LogP contribution >= 0.6 is 12.4 Å². The molecular weight excluding hydrogens is 232 g/mol. The predicted molar refractivity (Wildman–Crippen MR) is 76.6 cm³/mol. The molecule has 0 aromatic heterocycles. The standard InChI is InChI=1S/C14H28N2.ClH/c1-12(15)14-7-10-16(11-8-14)9-6-13-4-2-3-5-13;/h12-14H,2-11,15H2,1H3;1H. The number of piperidine rings is 1. The summed E-state index contributed by atoms with van der Waals surface area (Å²) in [6.45, 7) is 6.09. The number of halogens is 1. The third-order valence-corrected chi connectivity index (χ3v) is 4.70. The minimum Gasteiger partial charge on any atom is -0.328 e. The lowest BCUT2D eigenvalue weighted by molar-refractivity contribution is 0.163. The van der Waals surface area contributed by atoms with Crippen LogP contribution in [0.25, 0.3) is 0 Å². The minimum atomic E-state index is 0. The van der Waals surface area contributed by atoms with Crippen LogP contribution in [0.15, 0.2) is 0 Å². The normalized spacial score (nSPS) is 25.8. The van der Waals surface area contributed by atoms with Gasteiger partial charge in [0.1, 0.15) is 0 Å². The molecule has 0 radical (unpaired) electrons. The first-order valence-electron chi connectivity index (χ1n) is 7.23. The van der Waals surface area contributed by atoms with Crippen LogP contribution in [0.2, 0.25) is 0 Å². The Hall–Kier alpha value is 0.210. The topological polar surface area (TPSA) is 29.3 Å². The van der Waals surface area contributed by atoms with E-state index in [1.807, 2.05) is 0 Å². The largest absolute Gasteiger partial charge is 0.328 e. The van der Waals surface area contributed by atoms with Crippen molar-refractivity contribution < 1.29 is 0 Å². The molecule has 0 bridgehead atoms. The lowest BCUT2D eigenvalue weighted by atomic mass is 9.90. The van der Waals surface area contributed by atoms with Gasteiger partial charge < -0.3 is 10.6 Å². The van der Waals surface area contributed by atoms with E-state index in [0.717, 1.165) is 11.8 Å². The Morgan fingerprint density at radius 2 is 1.71 bits per heavy atom. The highest BCUT2D eigenvalue weighted by atomic mass is 35.5. The highest BCUT2D eigenvalue weighted by molar-refractivity contribution is 5.85. The molecule has 0 spiro atoms. The van der Waals surface area contributed by atoms with Crippen molar-refractivity contribution in [2.45, 2.75) is 57.9 Å². The van der Waals surface area contributed by atoms with E-state index in [-0.39, 0.29) is 12.4 Å². The highest BCUT2D eigenvalue weighted by Crippen LogP contribution is 2.28. The first-order chi connectivity index (χ1) is 7.75. The van der Waals surface area contributed by atoms with Crippen molar-refractivity contribution in [3.05, 3.63) is 0 Å². The van der Waals surface area contributed by atoms with Crippen molar-refractivity contribution in [3.63, 3.8) is 0 Å². The fraction of sp³-hybridized carbons (Fsp3) is 1.00. The van der Waals surface area contributed by atoms with Crippen molar-refractivity contribution in [1.29, 1.82) is 0 Å². The van der Waals surface area contributed by atoms with Crippen LogP contribution in [0.3, 0.4) is 0 Å². The molecule has 2 rings (SSSR count). The zero-order chi connectivity index (χ0) is 11.4. The van der Waals surface area contributed by atoms with Gasteiger partial charge in [0.15, 0.2) is 0 Å². The molecular formula is C14H29ClN2. The number of hydrogen-bond acceptors (Lipinski definition) is 2. The molecule has 0 aromatic rings. The molecule has 2 N–H and O–H groups in total. The first-order valence-corrected chi connectivity index (χ1v) is 7.23. The summed E-state index contributed by atoms with van der Waals surface area (Å²) >= 11 is 0. The van der Waals surface area contributed by atoms with E-state index < -0.39 is 0 Å². The van der Waals surface area contributed by atoms with Crippen LogP contribution in [0.5, 0.6) is 0 Å². The summed E-state index contributed by atoms with van der Waals surface area (Å²) in [7, 11) is 0. The fourth-order valence-corrected chi connectivity index (χ4v) is 3.37. The maximum atomic E-state index is 5.97. The van der Waals surface area contributed by atoms with E-state index in [0.29, 0.717) is 6.04 Å². The molecule has 1 atom stereocenters. The maximum Gasteiger partial charge on any atom is 0.00397 e. The average molecular weight is 261 g/mol. The van der Waals surface area contributed by atoms with Crippen molar-refractivity contribution in [3.8, 4) is 0 Å². The van der Waals surface area contributed by atoms with Gasteiger partial charge in [0.25, 0.3) is 0 Å². The Bertz CT molecular complexity index is 194. The van der Waals surface area contributed by atoms with Gasteiger partial charge in [-0.05, 0) is 57.7 Å². The third-order valence-electron chi connectivity index (χ3n) is 4.70. The van der Waals surface area contributed by atoms with Crippen molar-refractivity contribution in [2.24, 2.45) is 17.6 Å². The van der Waals surface area contributed by atoms with E-state index in [1.54, 1.807) is 0 Å². The van der Waals surface area contributed by atoms with Crippen LogP contribution in [0, 0.1) is 11.8 Å². The molecule has 0 aromatic carbocycles. The number of hydrogen-bond donors (Lipinski definition) is 1. The van der Waals surface area contributed by atoms with Gasteiger partial charge in [0, 0.05) is 6.04 Å². The van der Waals surface area contributed by atoms with Crippen molar-refractivity contribution in [1.82, 2.24) is 4.90 Å². The first kappa shape index (κ1) is 15.3. The average Bonchev–Trinajstić information content (AvgIpc) is 2.80. The Morgan fingerprint density at radius 1 is 1.12 bits per heavy atom. The molecule has 1 heterocycles. The Kier molecular flexibility index (Phi) is 6.83. The molecule has 1 saturated carbocycles. The number of rotatable bonds is 4. The monoisotopic (exact) mass is 260 g/mol. The van der Waals surface area contributed by atoms with Gasteiger partial charge in [-0.15, -0.1) is 12.4 Å². The zero-order valence-corrected chi connectivity index (χ0v) is 12.1. The second kappa shape index (κ2) is 7.60. The maximum absolute atomic E-state index is 5.97. The Balaban J connectivity index is 0.00000144. The summed E-state index contributed by atoms with van der Waals surface area (Å²) < 4.78 is 0. The SMILES string of the molecule is CC(N)C1CCN(CCC2CCCC2)CC1.Cl. The van der Waals surface area contributed by atoms with Gasteiger partial charge in [0.05, 0.1) is 0 Å². The van der Waals surface area contributed by atoms with Crippen molar-refractivity contribution >= 4 is 12.4 Å². The predicted octanol–water partition coefficient (Wildman–Crippen LogP) is 3.05. The van der Waals surface area contributed by atoms with E-state index in [4.69, 9.17) is 5.73 Å². The summed E-state index contributed by atoms with van der Waals surface area (Å²) in [6.07, 6.45) is 10.1. The number of nitrogens with zero attached hydrogens (tertiary/aromatic N) is 1. The molecule has 2 nitrogen and oxygen atoms in total. The van der Waals surface area contributed by atoms with Gasteiger partial charge in [-0.3, -0.25) is 0 Å². The molecule has 3 heteroatoms. The van der Waals surface area contributed by atoms with Crippen LogP contribution in [0.1, 0.15) is 51.9 Å². The Morgan fingerprint density at radius 3 is 2.24 bits per heavy atom. The minimum absolute atomic E-state index is 0. The lowest BCUT2D eigenvalue weighted by Crippen LogP contribution is -2.40. The zero-order valence-electron chi connectivity index (χ0n) is 11.2.